The summed E-state index contributed by atoms with van der Waals surface area (Å²) in [7, 11) is 0. The number of nitrogens with zero attached hydrogens (tertiary/aromatic N) is 2. The lowest BCUT2D eigenvalue weighted by atomic mass is 10.0. The topological polar surface area (TPSA) is 52.1 Å². The Hall–Kier alpha value is -1.68. The van der Waals surface area contributed by atoms with Gasteiger partial charge < -0.3 is 4.74 Å². The molecule has 100 valence electrons. The number of ether oxygens (including phenoxy) is 1. The highest BCUT2D eigenvalue weighted by molar-refractivity contribution is 6.18. The van der Waals surface area contributed by atoms with Crippen LogP contribution in [-0.2, 0) is 10.6 Å². The molecule has 0 bridgehead atoms. The smallest absolute Gasteiger partial charge is 0.359 e. The third kappa shape index (κ3) is 2.54. The van der Waals surface area contributed by atoms with Crippen LogP contribution < -0.4 is 0 Å². The fourth-order valence-corrected chi connectivity index (χ4v) is 2.36. The first-order chi connectivity index (χ1) is 9.08. The van der Waals surface area contributed by atoms with E-state index in [4.69, 9.17) is 16.3 Å². The summed E-state index contributed by atoms with van der Waals surface area (Å²) in [6.07, 6.45) is 0. The maximum Gasteiger partial charge on any atom is 0.359 e. The van der Waals surface area contributed by atoms with Crippen LogP contribution in [0, 0.1) is 13.8 Å². The van der Waals surface area contributed by atoms with E-state index in [2.05, 4.69) is 10.2 Å². The molecule has 1 aromatic heterocycles. The molecule has 0 aliphatic rings. The molecular formula is C14H15ClN2O2. The number of halogens is 1. The molecule has 1 aromatic carbocycles. The van der Waals surface area contributed by atoms with Crippen molar-refractivity contribution in [3.05, 3.63) is 34.6 Å². The van der Waals surface area contributed by atoms with Crippen molar-refractivity contribution in [3.63, 3.8) is 0 Å². The van der Waals surface area contributed by atoms with E-state index in [1.165, 1.54) is 0 Å². The summed E-state index contributed by atoms with van der Waals surface area (Å²) >= 11 is 5.88. The number of aromatic nitrogens is 2. The number of carbonyl (C=O) groups is 1. The Kier molecular flexibility index (Phi) is 4.00. The highest BCUT2D eigenvalue weighted by Gasteiger charge is 2.18. The standard InChI is InChI=1S/C14H15ClN2O2/c1-4-19-14(18)13-12-9(3)5-8(2)6-10(12)11(7-15)16-17-13/h5-6H,4,7H2,1-3H3. The molecule has 0 saturated heterocycles. The van der Waals surface area contributed by atoms with E-state index < -0.39 is 5.97 Å². The maximum absolute atomic E-state index is 11.9. The molecule has 2 rings (SSSR count). The van der Waals surface area contributed by atoms with Crippen LogP contribution in [0.2, 0.25) is 0 Å². The van der Waals surface area contributed by atoms with E-state index in [1.54, 1.807) is 6.92 Å². The Balaban J connectivity index is 2.77. The van der Waals surface area contributed by atoms with E-state index in [0.717, 1.165) is 21.9 Å². The molecule has 0 aliphatic carbocycles. The first kappa shape index (κ1) is 13.7. The monoisotopic (exact) mass is 278 g/mol. The summed E-state index contributed by atoms with van der Waals surface area (Å²) in [4.78, 5) is 11.9. The molecule has 5 heteroatoms. The first-order valence-corrected chi connectivity index (χ1v) is 6.61. The van der Waals surface area contributed by atoms with Crippen LogP contribution in [0.1, 0.15) is 34.2 Å². The lowest BCUT2D eigenvalue weighted by Crippen LogP contribution is -2.11. The van der Waals surface area contributed by atoms with Crippen molar-refractivity contribution in [1.82, 2.24) is 10.2 Å². The average molecular weight is 279 g/mol. The third-order valence-electron chi connectivity index (χ3n) is 2.89. The number of rotatable bonds is 3. The van der Waals surface area contributed by atoms with E-state index in [-0.39, 0.29) is 11.6 Å². The number of aryl methyl sites for hydroxylation is 2. The lowest BCUT2D eigenvalue weighted by molar-refractivity contribution is 0.0520. The predicted molar refractivity (Wildman–Crippen MR) is 74.5 cm³/mol. The van der Waals surface area contributed by atoms with Crippen molar-refractivity contribution in [2.45, 2.75) is 26.7 Å². The minimum Gasteiger partial charge on any atom is -0.461 e. The van der Waals surface area contributed by atoms with Gasteiger partial charge >= 0.3 is 5.97 Å². The van der Waals surface area contributed by atoms with Crippen LogP contribution in [0.15, 0.2) is 12.1 Å². The fraction of sp³-hybridized carbons (Fsp3) is 0.357. The molecule has 0 unspecified atom stereocenters. The molecule has 0 radical (unpaired) electrons. The van der Waals surface area contributed by atoms with Gasteiger partial charge in [-0.15, -0.1) is 16.7 Å². The van der Waals surface area contributed by atoms with Gasteiger partial charge in [0, 0.05) is 10.8 Å². The number of hydrogen-bond donors (Lipinski definition) is 0. The summed E-state index contributed by atoms with van der Waals surface area (Å²) < 4.78 is 5.02. The summed E-state index contributed by atoms with van der Waals surface area (Å²) in [6.45, 7) is 6.01. The normalized spacial score (nSPS) is 10.7. The molecule has 0 spiro atoms. The average Bonchev–Trinajstić information content (AvgIpc) is 2.37. The van der Waals surface area contributed by atoms with Crippen LogP contribution in [0.3, 0.4) is 0 Å². The van der Waals surface area contributed by atoms with Gasteiger partial charge in [0.1, 0.15) is 0 Å². The van der Waals surface area contributed by atoms with Crippen LogP contribution in [0.5, 0.6) is 0 Å². The van der Waals surface area contributed by atoms with Gasteiger partial charge in [-0.3, -0.25) is 0 Å². The largest absolute Gasteiger partial charge is 0.461 e. The molecule has 0 fully saturated rings. The number of esters is 1. The van der Waals surface area contributed by atoms with Gasteiger partial charge in [-0.05, 0) is 32.4 Å². The van der Waals surface area contributed by atoms with Gasteiger partial charge in [-0.25, -0.2) is 4.79 Å². The zero-order valence-electron chi connectivity index (χ0n) is 11.2. The van der Waals surface area contributed by atoms with Crippen molar-refractivity contribution in [3.8, 4) is 0 Å². The Morgan fingerprint density at radius 3 is 2.68 bits per heavy atom. The quantitative estimate of drug-likeness (QED) is 0.639. The first-order valence-electron chi connectivity index (χ1n) is 6.08. The van der Waals surface area contributed by atoms with Crippen LogP contribution in [0.25, 0.3) is 10.8 Å². The highest BCUT2D eigenvalue weighted by Crippen LogP contribution is 2.26. The SMILES string of the molecule is CCOC(=O)c1nnc(CCl)c2cc(C)cc(C)c12. The number of alkyl halides is 1. The third-order valence-corrected chi connectivity index (χ3v) is 3.15. The highest BCUT2D eigenvalue weighted by atomic mass is 35.5. The second kappa shape index (κ2) is 5.53. The minimum absolute atomic E-state index is 0.253. The maximum atomic E-state index is 11.9. The Morgan fingerprint density at radius 2 is 2.05 bits per heavy atom. The van der Waals surface area contributed by atoms with Crippen molar-refractivity contribution in [2.24, 2.45) is 0 Å². The second-order valence-corrected chi connectivity index (χ2v) is 4.62. The van der Waals surface area contributed by atoms with Crippen LogP contribution >= 0.6 is 11.6 Å². The van der Waals surface area contributed by atoms with Crippen LogP contribution in [-0.4, -0.2) is 22.8 Å². The summed E-state index contributed by atoms with van der Waals surface area (Å²) in [6, 6.07) is 3.97. The van der Waals surface area contributed by atoms with Crippen molar-refractivity contribution < 1.29 is 9.53 Å². The molecule has 1 heterocycles. The van der Waals surface area contributed by atoms with Gasteiger partial charge in [0.2, 0.25) is 0 Å². The summed E-state index contributed by atoms with van der Waals surface area (Å²) in [5.41, 5.74) is 3.00. The molecule has 0 amide bonds. The molecular weight excluding hydrogens is 264 g/mol. The molecule has 2 aromatic rings. The van der Waals surface area contributed by atoms with Gasteiger partial charge in [-0.2, -0.15) is 5.10 Å². The van der Waals surface area contributed by atoms with Crippen LogP contribution in [0.4, 0.5) is 0 Å². The predicted octanol–water partition coefficient (Wildman–Crippen LogP) is 3.16. The fourth-order valence-electron chi connectivity index (χ4n) is 2.16. The minimum atomic E-state index is -0.451. The molecule has 0 aliphatic heterocycles. The Morgan fingerprint density at radius 1 is 1.32 bits per heavy atom. The molecule has 19 heavy (non-hydrogen) atoms. The molecule has 4 nitrogen and oxygen atoms in total. The number of benzene rings is 1. The van der Waals surface area contributed by atoms with E-state index >= 15 is 0 Å². The molecule has 0 atom stereocenters. The van der Waals surface area contributed by atoms with Gasteiger partial charge in [0.25, 0.3) is 0 Å². The number of hydrogen-bond acceptors (Lipinski definition) is 4. The van der Waals surface area contributed by atoms with E-state index in [1.807, 2.05) is 26.0 Å². The lowest BCUT2D eigenvalue weighted by Gasteiger charge is -2.10. The summed E-state index contributed by atoms with van der Waals surface area (Å²) in [5.74, 6) is -0.191. The number of carbonyl (C=O) groups excluding carboxylic acids is 1. The van der Waals surface area contributed by atoms with E-state index in [9.17, 15) is 4.79 Å². The summed E-state index contributed by atoms with van der Waals surface area (Å²) in [5, 5.41) is 9.64. The van der Waals surface area contributed by atoms with E-state index in [0.29, 0.717) is 12.3 Å². The zero-order valence-corrected chi connectivity index (χ0v) is 11.9. The Labute approximate surface area is 116 Å². The van der Waals surface area contributed by atoms with Crippen molar-refractivity contribution in [2.75, 3.05) is 6.61 Å². The molecule has 0 saturated carbocycles. The Bertz CT molecular complexity index is 641. The van der Waals surface area contributed by atoms with Gasteiger partial charge in [0.15, 0.2) is 5.69 Å². The van der Waals surface area contributed by atoms with Gasteiger partial charge in [-0.1, -0.05) is 11.6 Å². The van der Waals surface area contributed by atoms with Crippen molar-refractivity contribution in [1.29, 1.82) is 0 Å². The second-order valence-electron chi connectivity index (χ2n) is 4.35. The molecule has 0 N–H and O–H groups in total. The van der Waals surface area contributed by atoms with Crippen molar-refractivity contribution >= 4 is 28.3 Å². The number of fused-ring (bicyclic) bond motifs is 1. The van der Waals surface area contributed by atoms with Gasteiger partial charge in [0.05, 0.1) is 18.2 Å². The zero-order chi connectivity index (χ0) is 14.0.